The van der Waals surface area contributed by atoms with Crippen molar-refractivity contribution in [3.05, 3.63) is 114 Å². The van der Waals surface area contributed by atoms with Gasteiger partial charge in [0.15, 0.2) is 5.78 Å². The van der Waals surface area contributed by atoms with Gasteiger partial charge < -0.3 is 5.32 Å². The molecule has 4 nitrogen and oxygen atoms in total. The predicted octanol–water partition coefficient (Wildman–Crippen LogP) is 4.39. The van der Waals surface area contributed by atoms with Gasteiger partial charge in [-0.3, -0.25) is 14.6 Å². The predicted molar refractivity (Wildman–Crippen MR) is 118 cm³/mol. The maximum Gasteiger partial charge on any atom is 0.251 e. The Labute approximate surface area is 175 Å². The Morgan fingerprint density at radius 3 is 2.33 bits per heavy atom. The fourth-order valence-corrected chi connectivity index (χ4v) is 3.58. The van der Waals surface area contributed by atoms with Gasteiger partial charge >= 0.3 is 0 Å². The summed E-state index contributed by atoms with van der Waals surface area (Å²) in [5.41, 5.74) is 2.48. The first-order chi connectivity index (χ1) is 14.7. The minimum atomic E-state index is -0.614. The van der Waals surface area contributed by atoms with E-state index in [0.717, 1.165) is 21.9 Å². The largest absolute Gasteiger partial charge is 0.342 e. The Morgan fingerprint density at radius 1 is 0.833 bits per heavy atom. The average molecular weight is 394 g/mol. The van der Waals surface area contributed by atoms with Crippen LogP contribution in [0.1, 0.15) is 21.5 Å². The lowest BCUT2D eigenvalue weighted by Gasteiger charge is -2.19. The molecular formula is C26H22N2O2. The molecule has 0 saturated carbocycles. The lowest BCUT2D eigenvalue weighted by atomic mass is 9.95. The van der Waals surface area contributed by atoms with Crippen molar-refractivity contribution in [2.24, 2.45) is 0 Å². The summed E-state index contributed by atoms with van der Waals surface area (Å²) in [6.45, 7) is 0. The summed E-state index contributed by atoms with van der Waals surface area (Å²) in [5, 5.41) is 4.95. The molecule has 1 N–H and O–H groups in total. The van der Waals surface area contributed by atoms with Crippen molar-refractivity contribution in [2.45, 2.75) is 18.9 Å². The third-order valence-corrected chi connectivity index (χ3v) is 5.15. The number of Topliss-reactive ketones (excluding diaryl/α,β-unsaturated/α-hetero) is 1. The molecule has 3 aromatic carbocycles. The number of rotatable bonds is 7. The number of pyridine rings is 1. The van der Waals surface area contributed by atoms with E-state index in [1.54, 1.807) is 24.5 Å². The number of hydrogen-bond donors (Lipinski definition) is 1. The molecule has 4 rings (SSSR count). The maximum atomic E-state index is 13.3. The first-order valence-electron chi connectivity index (χ1n) is 9.95. The van der Waals surface area contributed by atoms with Gasteiger partial charge in [0.1, 0.15) is 0 Å². The fourth-order valence-electron chi connectivity index (χ4n) is 3.58. The van der Waals surface area contributed by atoms with Crippen molar-refractivity contribution in [1.29, 1.82) is 0 Å². The van der Waals surface area contributed by atoms with Crippen LogP contribution < -0.4 is 5.32 Å². The van der Waals surface area contributed by atoms with Crippen LogP contribution in [-0.2, 0) is 17.6 Å². The first-order valence-corrected chi connectivity index (χ1v) is 9.95. The number of carbonyl (C=O) groups is 2. The molecule has 1 heterocycles. The molecule has 0 saturated heterocycles. The van der Waals surface area contributed by atoms with Gasteiger partial charge in [0.05, 0.1) is 6.04 Å². The Bertz CT molecular complexity index is 1150. The number of hydrogen-bond acceptors (Lipinski definition) is 3. The molecule has 0 spiro atoms. The molecule has 4 heteroatoms. The number of nitrogens with zero attached hydrogens (tertiary/aromatic N) is 1. The molecule has 0 aliphatic heterocycles. The topological polar surface area (TPSA) is 59.1 Å². The number of aromatic nitrogens is 1. The van der Waals surface area contributed by atoms with E-state index >= 15 is 0 Å². The van der Waals surface area contributed by atoms with Crippen LogP contribution in [0.25, 0.3) is 10.8 Å². The van der Waals surface area contributed by atoms with Crippen LogP contribution in [0.4, 0.5) is 0 Å². The molecule has 30 heavy (non-hydrogen) atoms. The highest BCUT2D eigenvalue weighted by atomic mass is 16.2. The van der Waals surface area contributed by atoms with Crippen LogP contribution in [0.5, 0.6) is 0 Å². The highest BCUT2D eigenvalue weighted by molar-refractivity contribution is 5.99. The van der Waals surface area contributed by atoms with Gasteiger partial charge in [0.2, 0.25) is 0 Å². The number of carbonyl (C=O) groups excluding carboxylic acids is 2. The molecule has 1 atom stereocenters. The normalized spacial score (nSPS) is 11.7. The quantitative estimate of drug-likeness (QED) is 0.506. The molecule has 148 valence electrons. The summed E-state index contributed by atoms with van der Waals surface area (Å²) in [4.78, 5) is 30.2. The SMILES string of the molecule is O=C(NC(Cc1ccccc1)C(=O)Cc1cccc2cnccc12)c1ccccc1. The highest BCUT2D eigenvalue weighted by Crippen LogP contribution is 2.19. The van der Waals surface area contributed by atoms with E-state index in [4.69, 9.17) is 0 Å². The van der Waals surface area contributed by atoms with Crippen LogP contribution in [0, 0.1) is 0 Å². The third-order valence-electron chi connectivity index (χ3n) is 5.15. The monoisotopic (exact) mass is 394 g/mol. The fraction of sp³-hybridized carbons (Fsp3) is 0.115. The number of amides is 1. The molecule has 0 aliphatic carbocycles. The van der Waals surface area contributed by atoms with Gasteiger partial charge in [0, 0.05) is 29.8 Å². The number of ketones is 1. The third kappa shape index (κ3) is 4.61. The van der Waals surface area contributed by atoms with Crippen LogP contribution in [0.3, 0.4) is 0 Å². The van der Waals surface area contributed by atoms with E-state index in [0.29, 0.717) is 12.0 Å². The van der Waals surface area contributed by atoms with Crippen molar-refractivity contribution in [1.82, 2.24) is 10.3 Å². The zero-order valence-electron chi connectivity index (χ0n) is 16.5. The summed E-state index contributed by atoms with van der Waals surface area (Å²) >= 11 is 0. The molecule has 4 aromatic rings. The molecule has 0 radical (unpaired) electrons. The minimum absolute atomic E-state index is 0.0209. The zero-order chi connectivity index (χ0) is 20.8. The molecular weight excluding hydrogens is 372 g/mol. The van der Waals surface area contributed by atoms with E-state index in [1.165, 1.54) is 0 Å². The van der Waals surface area contributed by atoms with E-state index in [1.807, 2.05) is 72.8 Å². The second-order valence-corrected chi connectivity index (χ2v) is 7.24. The number of nitrogens with one attached hydrogen (secondary N) is 1. The zero-order valence-corrected chi connectivity index (χ0v) is 16.5. The van der Waals surface area contributed by atoms with Gasteiger partial charge in [-0.25, -0.2) is 0 Å². The van der Waals surface area contributed by atoms with Crippen LogP contribution in [-0.4, -0.2) is 22.7 Å². The van der Waals surface area contributed by atoms with E-state index in [9.17, 15) is 9.59 Å². The van der Waals surface area contributed by atoms with Crippen LogP contribution >= 0.6 is 0 Å². The minimum Gasteiger partial charge on any atom is -0.342 e. The highest BCUT2D eigenvalue weighted by Gasteiger charge is 2.22. The van der Waals surface area contributed by atoms with Crippen molar-refractivity contribution < 1.29 is 9.59 Å². The maximum absolute atomic E-state index is 13.3. The molecule has 0 fully saturated rings. The number of fused-ring (bicyclic) bond motifs is 1. The Kier molecular flexibility index (Phi) is 5.95. The lowest BCUT2D eigenvalue weighted by Crippen LogP contribution is -2.43. The molecule has 1 aromatic heterocycles. The smallest absolute Gasteiger partial charge is 0.251 e. The van der Waals surface area contributed by atoms with E-state index in [-0.39, 0.29) is 18.1 Å². The van der Waals surface area contributed by atoms with Crippen molar-refractivity contribution in [3.63, 3.8) is 0 Å². The van der Waals surface area contributed by atoms with E-state index < -0.39 is 6.04 Å². The van der Waals surface area contributed by atoms with Crippen LogP contribution in [0.2, 0.25) is 0 Å². The van der Waals surface area contributed by atoms with Crippen molar-refractivity contribution in [2.75, 3.05) is 0 Å². The Morgan fingerprint density at radius 2 is 1.57 bits per heavy atom. The average Bonchev–Trinajstić information content (AvgIpc) is 2.80. The summed E-state index contributed by atoms with van der Waals surface area (Å²) in [7, 11) is 0. The van der Waals surface area contributed by atoms with Gasteiger partial charge in [-0.05, 0) is 41.1 Å². The molecule has 0 aliphatic rings. The Balaban J connectivity index is 1.59. The van der Waals surface area contributed by atoms with E-state index in [2.05, 4.69) is 10.3 Å². The number of benzene rings is 3. The second-order valence-electron chi connectivity index (χ2n) is 7.24. The summed E-state index contributed by atoms with van der Waals surface area (Å²) in [6.07, 6.45) is 4.22. The molecule has 0 bridgehead atoms. The summed E-state index contributed by atoms with van der Waals surface area (Å²) < 4.78 is 0. The van der Waals surface area contributed by atoms with Gasteiger partial charge in [-0.15, -0.1) is 0 Å². The summed E-state index contributed by atoms with van der Waals surface area (Å²) in [5.74, 6) is -0.264. The van der Waals surface area contributed by atoms with Crippen molar-refractivity contribution in [3.8, 4) is 0 Å². The first kappa shape index (κ1) is 19.5. The van der Waals surface area contributed by atoms with Gasteiger partial charge in [-0.2, -0.15) is 0 Å². The lowest BCUT2D eigenvalue weighted by molar-refractivity contribution is -0.120. The van der Waals surface area contributed by atoms with Crippen LogP contribution in [0.15, 0.2) is 97.3 Å². The molecule has 1 amide bonds. The second kappa shape index (κ2) is 9.14. The van der Waals surface area contributed by atoms with Gasteiger partial charge in [0.25, 0.3) is 5.91 Å². The summed E-state index contributed by atoms with van der Waals surface area (Å²) in [6, 6.07) is 25.9. The van der Waals surface area contributed by atoms with Gasteiger partial charge in [-0.1, -0.05) is 66.7 Å². The Hall–Kier alpha value is -3.79. The van der Waals surface area contributed by atoms with Crippen molar-refractivity contribution >= 4 is 22.5 Å². The standard InChI is InChI=1S/C26H22N2O2/c29-25(17-21-12-7-13-22-18-27-15-14-23(21)22)24(16-19-8-3-1-4-9-19)28-26(30)20-10-5-2-6-11-20/h1-15,18,24H,16-17H2,(H,28,30). The molecule has 1 unspecified atom stereocenters.